The number of amides is 2. The van der Waals surface area contributed by atoms with Gasteiger partial charge in [0.25, 0.3) is 15.9 Å². The Morgan fingerprint density at radius 1 is 1.02 bits per heavy atom. The zero-order valence-electron chi connectivity index (χ0n) is 23.3. The summed E-state index contributed by atoms with van der Waals surface area (Å²) in [5, 5.41) is 0.560. The molecule has 12 heteroatoms. The maximum atomic E-state index is 15.1. The molecule has 1 saturated heterocycles. The van der Waals surface area contributed by atoms with E-state index in [0.29, 0.717) is 30.1 Å². The summed E-state index contributed by atoms with van der Waals surface area (Å²) in [7, 11) is -4.73. The minimum absolute atomic E-state index is 0.0325. The Bertz CT molecular complexity index is 1550. The number of sulfonamides is 1. The number of ether oxygens (including phenoxy) is 2. The summed E-state index contributed by atoms with van der Waals surface area (Å²) in [5.41, 5.74) is 0.281. The largest absolute Gasteiger partial charge is 0.490 e. The number of rotatable bonds is 7. The van der Waals surface area contributed by atoms with Crippen LogP contribution >= 0.6 is 11.6 Å². The van der Waals surface area contributed by atoms with Gasteiger partial charge in [0.05, 0.1) is 6.61 Å². The van der Waals surface area contributed by atoms with E-state index in [4.69, 9.17) is 21.1 Å². The molecule has 2 amide bonds. The van der Waals surface area contributed by atoms with E-state index < -0.39 is 49.9 Å². The fourth-order valence-corrected chi connectivity index (χ4v) is 5.86. The highest BCUT2D eigenvalue weighted by molar-refractivity contribution is 7.90. The van der Waals surface area contributed by atoms with E-state index in [9.17, 15) is 22.4 Å². The third-order valence-corrected chi connectivity index (χ3v) is 8.27. The fraction of sp³-hybridized carbons (Fsp3) is 0.333. The molecule has 1 aliphatic rings. The highest BCUT2D eigenvalue weighted by atomic mass is 35.5. The minimum Gasteiger partial charge on any atom is -0.490 e. The van der Waals surface area contributed by atoms with Gasteiger partial charge in [0.1, 0.15) is 16.3 Å². The molecule has 1 heterocycles. The second kappa shape index (κ2) is 12.7. The maximum absolute atomic E-state index is 15.1. The summed E-state index contributed by atoms with van der Waals surface area (Å²) in [5.74, 6) is -4.37. The van der Waals surface area contributed by atoms with Crippen LogP contribution in [0.3, 0.4) is 0 Å². The molecule has 1 fully saturated rings. The smallest absolute Gasteiger partial charge is 0.410 e. The minimum atomic E-state index is -4.73. The zero-order chi connectivity index (χ0) is 30.7. The third-order valence-electron chi connectivity index (χ3n) is 6.68. The second-order valence-electron chi connectivity index (χ2n) is 11.0. The molecule has 1 aliphatic heterocycles. The van der Waals surface area contributed by atoms with Crippen molar-refractivity contribution in [3.05, 3.63) is 94.5 Å². The van der Waals surface area contributed by atoms with Gasteiger partial charge in [0.15, 0.2) is 11.6 Å². The Balaban J connectivity index is 1.53. The van der Waals surface area contributed by atoms with Crippen LogP contribution in [0.5, 0.6) is 5.75 Å². The number of likely N-dealkylation sites (tertiary alicyclic amines) is 1. The van der Waals surface area contributed by atoms with Crippen LogP contribution in [0.4, 0.5) is 13.6 Å². The number of carbonyl (C=O) groups is 2. The second-order valence-corrected chi connectivity index (χ2v) is 13.0. The van der Waals surface area contributed by atoms with Crippen molar-refractivity contribution in [2.45, 2.75) is 43.6 Å². The Morgan fingerprint density at radius 2 is 1.69 bits per heavy atom. The molecule has 0 spiro atoms. The normalized spacial score (nSPS) is 17.4. The molecule has 1 N–H and O–H groups in total. The SMILES string of the molecule is CC(C)(C)OC(=O)N1CCC(c2ccc(Cl)cc2)[C@H](COc2cc(F)c(S(=O)(=O)NC(=O)c3ccccc3)cc2F)C1. The van der Waals surface area contributed by atoms with Crippen molar-refractivity contribution < 1.29 is 36.3 Å². The molecular formula is C30H31ClF2N2O6S. The quantitative estimate of drug-likeness (QED) is 0.340. The van der Waals surface area contributed by atoms with Crippen LogP contribution in [0.15, 0.2) is 71.6 Å². The standard InChI is InChI=1S/C30H31ClF2N2O6S/c1-30(2,3)41-29(37)35-14-13-23(19-9-11-22(31)12-10-19)21(17-35)18-40-26-15-25(33)27(16-24(26)32)42(38,39)34-28(36)20-7-5-4-6-8-20/h4-12,15-16,21,23H,13-14,17-18H2,1-3H3,(H,34,36)/t21-,23?/m0/s1. The molecule has 8 nitrogen and oxygen atoms in total. The van der Waals surface area contributed by atoms with E-state index in [1.54, 1.807) is 48.6 Å². The van der Waals surface area contributed by atoms with Crippen LogP contribution in [-0.4, -0.2) is 50.6 Å². The van der Waals surface area contributed by atoms with Crippen molar-refractivity contribution in [1.82, 2.24) is 9.62 Å². The van der Waals surface area contributed by atoms with Crippen molar-refractivity contribution in [1.29, 1.82) is 0 Å². The molecule has 0 bridgehead atoms. The van der Waals surface area contributed by atoms with E-state index in [2.05, 4.69) is 0 Å². The number of benzene rings is 3. The molecule has 1 unspecified atom stereocenters. The van der Waals surface area contributed by atoms with Gasteiger partial charge < -0.3 is 14.4 Å². The Morgan fingerprint density at radius 3 is 2.33 bits per heavy atom. The van der Waals surface area contributed by atoms with Crippen molar-refractivity contribution in [3.63, 3.8) is 0 Å². The summed E-state index contributed by atoms with van der Waals surface area (Å²) >= 11 is 6.05. The predicted octanol–water partition coefficient (Wildman–Crippen LogP) is 6.16. The number of hydrogen-bond acceptors (Lipinski definition) is 6. The molecule has 4 rings (SSSR count). The highest BCUT2D eigenvalue weighted by Crippen LogP contribution is 2.35. The number of nitrogens with one attached hydrogen (secondary N) is 1. The molecule has 0 saturated carbocycles. The molecule has 3 aromatic carbocycles. The maximum Gasteiger partial charge on any atom is 0.410 e. The van der Waals surface area contributed by atoms with Crippen molar-refractivity contribution in [2.75, 3.05) is 19.7 Å². The molecule has 42 heavy (non-hydrogen) atoms. The molecule has 0 aliphatic carbocycles. The Kier molecular flexibility index (Phi) is 9.42. The topological polar surface area (TPSA) is 102 Å². The van der Waals surface area contributed by atoms with Crippen LogP contribution in [-0.2, 0) is 14.8 Å². The zero-order valence-corrected chi connectivity index (χ0v) is 24.8. The number of piperidine rings is 1. The first-order chi connectivity index (χ1) is 19.7. The Labute approximate surface area is 248 Å². The summed E-state index contributed by atoms with van der Waals surface area (Å²) in [6, 6.07) is 15.8. The molecular weight excluding hydrogens is 590 g/mol. The summed E-state index contributed by atoms with van der Waals surface area (Å²) in [4.78, 5) is 25.6. The van der Waals surface area contributed by atoms with Gasteiger partial charge in [0.2, 0.25) is 0 Å². The van der Waals surface area contributed by atoms with Crippen molar-refractivity contribution in [2.24, 2.45) is 5.92 Å². The summed E-state index contributed by atoms with van der Waals surface area (Å²) < 4.78 is 68.4. The lowest BCUT2D eigenvalue weighted by Gasteiger charge is -2.39. The van der Waals surface area contributed by atoms with Gasteiger partial charge in [-0.2, -0.15) is 0 Å². The van der Waals surface area contributed by atoms with Crippen LogP contribution in [0.1, 0.15) is 49.0 Å². The van der Waals surface area contributed by atoms with Crippen LogP contribution in [0.2, 0.25) is 5.02 Å². The van der Waals surface area contributed by atoms with Crippen molar-refractivity contribution in [3.8, 4) is 5.75 Å². The first kappa shape index (κ1) is 31.2. The number of hydrogen-bond donors (Lipinski definition) is 1. The van der Waals surface area contributed by atoms with Gasteiger partial charge in [0, 0.05) is 41.7 Å². The van der Waals surface area contributed by atoms with Gasteiger partial charge >= 0.3 is 6.09 Å². The lowest BCUT2D eigenvalue weighted by Crippen LogP contribution is -2.46. The average molecular weight is 621 g/mol. The Hall–Kier alpha value is -3.70. The van der Waals surface area contributed by atoms with Crippen LogP contribution < -0.4 is 9.46 Å². The molecule has 224 valence electrons. The number of carbonyl (C=O) groups excluding carboxylic acids is 2. The lowest BCUT2D eigenvalue weighted by molar-refractivity contribution is 0.0110. The van der Waals surface area contributed by atoms with E-state index in [0.717, 1.165) is 5.56 Å². The first-order valence-corrected chi connectivity index (χ1v) is 15.1. The van der Waals surface area contributed by atoms with Gasteiger partial charge in [-0.25, -0.2) is 26.7 Å². The molecule has 0 aromatic heterocycles. The van der Waals surface area contributed by atoms with Gasteiger partial charge in [-0.05, 0) is 62.9 Å². The van der Waals surface area contributed by atoms with Gasteiger partial charge in [-0.3, -0.25) is 4.79 Å². The van der Waals surface area contributed by atoms with Crippen molar-refractivity contribution >= 4 is 33.6 Å². The summed E-state index contributed by atoms with van der Waals surface area (Å²) in [6.45, 7) is 5.83. The van der Waals surface area contributed by atoms with E-state index >= 15 is 4.39 Å². The van der Waals surface area contributed by atoms with E-state index in [1.807, 2.05) is 12.1 Å². The van der Waals surface area contributed by atoms with Crippen LogP contribution in [0.25, 0.3) is 0 Å². The van der Waals surface area contributed by atoms with Crippen LogP contribution in [0, 0.1) is 17.6 Å². The van der Waals surface area contributed by atoms with E-state index in [1.165, 1.54) is 24.3 Å². The number of halogens is 3. The number of nitrogens with zero attached hydrogens (tertiary/aromatic N) is 1. The lowest BCUT2D eigenvalue weighted by atomic mass is 9.81. The predicted molar refractivity (Wildman–Crippen MR) is 153 cm³/mol. The fourth-order valence-electron chi connectivity index (χ4n) is 4.69. The van der Waals surface area contributed by atoms with E-state index in [-0.39, 0.29) is 30.6 Å². The summed E-state index contributed by atoms with van der Waals surface area (Å²) in [6.07, 6.45) is 0.0655. The monoisotopic (exact) mass is 620 g/mol. The highest BCUT2D eigenvalue weighted by Gasteiger charge is 2.35. The molecule has 3 aromatic rings. The van der Waals surface area contributed by atoms with Gasteiger partial charge in [-0.1, -0.05) is 41.9 Å². The molecule has 2 atom stereocenters. The van der Waals surface area contributed by atoms with Gasteiger partial charge in [-0.15, -0.1) is 0 Å². The first-order valence-electron chi connectivity index (χ1n) is 13.2. The molecule has 0 radical (unpaired) electrons. The average Bonchev–Trinajstić information content (AvgIpc) is 2.93. The third kappa shape index (κ3) is 7.77.